The summed E-state index contributed by atoms with van der Waals surface area (Å²) in [5.74, 6) is 1.44. The monoisotopic (exact) mass is 348 g/mol. The lowest BCUT2D eigenvalue weighted by atomic mass is 10.2. The van der Waals surface area contributed by atoms with E-state index >= 15 is 0 Å². The van der Waals surface area contributed by atoms with Crippen LogP contribution in [0.1, 0.15) is 12.7 Å². The molecule has 1 atom stereocenters. The SMILES string of the molecule is CC(C(=O)Nc1ccc(Cl)cn1)N1CCN(Cc2ccco2)CC1. The molecule has 0 bridgehead atoms. The number of hydrogen-bond donors (Lipinski definition) is 1. The number of furan rings is 1. The molecule has 3 heterocycles. The zero-order valence-electron chi connectivity index (χ0n) is 13.6. The lowest BCUT2D eigenvalue weighted by molar-refractivity contribution is -0.121. The first-order chi connectivity index (χ1) is 11.6. The van der Waals surface area contributed by atoms with Crippen LogP contribution in [0.15, 0.2) is 41.1 Å². The van der Waals surface area contributed by atoms with Crippen molar-refractivity contribution in [2.45, 2.75) is 19.5 Å². The van der Waals surface area contributed by atoms with Crippen molar-refractivity contribution in [1.82, 2.24) is 14.8 Å². The van der Waals surface area contributed by atoms with Crippen LogP contribution in [0.2, 0.25) is 5.02 Å². The maximum Gasteiger partial charge on any atom is 0.242 e. The summed E-state index contributed by atoms with van der Waals surface area (Å²) < 4.78 is 5.39. The van der Waals surface area contributed by atoms with Gasteiger partial charge in [-0.25, -0.2) is 4.98 Å². The zero-order valence-corrected chi connectivity index (χ0v) is 14.4. The van der Waals surface area contributed by atoms with Crippen molar-refractivity contribution in [1.29, 1.82) is 0 Å². The fraction of sp³-hybridized carbons (Fsp3) is 0.412. The van der Waals surface area contributed by atoms with Gasteiger partial charge in [-0.3, -0.25) is 14.6 Å². The summed E-state index contributed by atoms with van der Waals surface area (Å²) >= 11 is 5.80. The van der Waals surface area contributed by atoms with Crippen LogP contribution in [0.3, 0.4) is 0 Å². The molecule has 0 aromatic carbocycles. The smallest absolute Gasteiger partial charge is 0.242 e. The van der Waals surface area contributed by atoms with Crippen LogP contribution in [0.4, 0.5) is 5.82 Å². The molecule has 1 unspecified atom stereocenters. The summed E-state index contributed by atoms with van der Waals surface area (Å²) in [6.45, 7) is 6.27. The average molecular weight is 349 g/mol. The predicted octanol–water partition coefficient (Wildman–Crippen LogP) is 2.47. The van der Waals surface area contributed by atoms with Crippen molar-refractivity contribution in [3.8, 4) is 0 Å². The molecular formula is C17H21ClN4O2. The van der Waals surface area contributed by atoms with E-state index in [1.807, 2.05) is 19.1 Å². The van der Waals surface area contributed by atoms with Crippen LogP contribution in [0.25, 0.3) is 0 Å². The molecule has 1 fully saturated rings. The second kappa shape index (κ2) is 7.79. The van der Waals surface area contributed by atoms with Crippen molar-refractivity contribution >= 4 is 23.3 Å². The van der Waals surface area contributed by atoms with Gasteiger partial charge < -0.3 is 9.73 Å². The number of rotatable bonds is 5. The van der Waals surface area contributed by atoms with Crippen molar-refractivity contribution in [3.63, 3.8) is 0 Å². The molecule has 24 heavy (non-hydrogen) atoms. The third-order valence-electron chi connectivity index (χ3n) is 4.27. The molecule has 6 nitrogen and oxygen atoms in total. The Morgan fingerprint density at radius 3 is 2.75 bits per heavy atom. The van der Waals surface area contributed by atoms with E-state index in [-0.39, 0.29) is 11.9 Å². The van der Waals surface area contributed by atoms with Crippen LogP contribution in [-0.2, 0) is 11.3 Å². The van der Waals surface area contributed by atoms with E-state index in [4.69, 9.17) is 16.0 Å². The molecule has 0 radical (unpaired) electrons. The van der Waals surface area contributed by atoms with Crippen LogP contribution in [0, 0.1) is 0 Å². The topological polar surface area (TPSA) is 61.6 Å². The van der Waals surface area contributed by atoms with Gasteiger partial charge in [-0.1, -0.05) is 11.6 Å². The fourth-order valence-corrected chi connectivity index (χ4v) is 2.89. The Balaban J connectivity index is 1.48. The van der Waals surface area contributed by atoms with Crippen LogP contribution < -0.4 is 5.32 Å². The van der Waals surface area contributed by atoms with Gasteiger partial charge in [0, 0.05) is 32.4 Å². The summed E-state index contributed by atoms with van der Waals surface area (Å²) in [4.78, 5) is 21.0. The van der Waals surface area contributed by atoms with E-state index in [1.54, 1.807) is 18.4 Å². The number of carbonyl (C=O) groups is 1. The molecule has 0 spiro atoms. The normalized spacial score (nSPS) is 17.6. The number of amides is 1. The quantitative estimate of drug-likeness (QED) is 0.899. The Bertz CT molecular complexity index is 652. The number of hydrogen-bond acceptors (Lipinski definition) is 5. The number of carbonyl (C=O) groups excluding carboxylic acids is 1. The van der Waals surface area contributed by atoms with Crippen molar-refractivity contribution in [2.75, 3.05) is 31.5 Å². The standard InChI is InChI=1S/C17H21ClN4O2/c1-13(17(23)20-16-5-4-14(18)11-19-16)22-8-6-21(7-9-22)12-15-3-2-10-24-15/h2-5,10-11,13H,6-9,12H2,1H3,(H,19,20,23). The number of piperazine rings is 1. The van der Waals surface area contributed by atoms with Gasteiger partial charge in [0.25, 0.3) is 0 Å². The minimum absolute atomic E-state index is 0.0516. The van der Waals surface area contributed by atoms with Gasteiger partial charge in [0.05, 0.1) is 23.9 Å². The molecule has 1 saturated heterocycles. The summed E-state index contributed by atoms with van der Waals surface area (Å²) in [6.07, 6.45) is 3.22. The molecule has 3 rings (SSSR count). The Morgan fingerprint density at radius 1 is 1.33 bits per heavy atom. The molecular weight excluding hydrogens is 328 g/mol. The fourth-order valence-electron chi connectivity index (χ4n) is 2.78. The van der Waals surface area contributed by atoms with E-state index < -0.39 is 0 Å². The largest absolute Gasteiger partial charge is 0.468 e. The molecule has 0 aliphatic carbocycles. The molecule has 128 valence electrons. The van der Waals surface area contributed by atoms with E-state index in [0.717, 1.165) is 38.5 Å². The van der Waals surface area contributed by atoms with Gasteiger partial charge in [0.2, 0.25) is 5.91 Å². The average Bonchev–Trinajstić information content (AvgIpc) is 3.10. The Kier molecular flexibility index (Phi) is 5.50. The molecule has 1 amide bonds. The molecule has 1 N–H and O–H groups in total. The van der Waals surface area contributed by atoms with Gasteiger partial charge in [-0.2, -0.15) is 0 Å². The maximum absolute atomic E-state index is 12.4. The van der Waals surface area contributed by atoms with Crippen molar-refractivity contribution in [2.24, 2.45) is 0 Å². The summed E-state index contributed by atoms with van der Waals surface area (Å²) in [6, 6.07) is 7.11. The van der Waals surface area contributed by atoms with Crippen molar-refractivity contribution in [3.05, 3.63) is 47.5 Å². The maximum atomic E-state index is 12.4. The third kappa shape index (κ3) is 4.35. The summed E-state index contributed by atoms with van der Waals surface area (Å²) in [7, 11) is 0. The number of nitrogens with one attached hydrogen (secondary N) is 1. The van der Waals surface area contributed by atoms with Gasteiger partial charge in [0.15, 0.2) is 0 Å². The van der Waals surface area contributed by atoms with E-state index in [9.17, 15) is 4.79 Å². The molecule has 0 saturated carbocycles. The summed E-state index contributed by atoms with van der Waals surface area (Å²) in [5, 5.41) is 3.38. The van der Waals surface area contributed by atoms with E-state index in [1.165, 1.54) is 6.20 Å². The van der Waals surface area contributed by atoms with Crippen LogP contribution in [0.5, 0.6) is 0 Å². The Hall–Kier alpha value is -1.89. The molecule has 1 aliphatic heterocycles. The highest BCUT2D eigenvalue weighted by Crippen LogP contribution is 2.13. The first-order valence-corrected chi connectivity index (χ1v) is 8.41. The number of halogens is 1. The zero-order chi connectivity index (χ0) is 16.9. The Morgan fingerprint density at radius 2 is 2.12 bits per heavy atom. The number of anilines is 1. The number of nitrogens with zero attached hydrogens (tertiary/aromatic N) is 3. The molecule has 7 heteroatoms. The minimum Gasteiger partial charge on any atom is -0.468 e. The van der Waals surface area contributed by atoms with E-state index in [0.29, 0.717) is 10.8 Å². The van der Waals surface area contributed by atoms with Gasteiger partial charge in [-0.15, -0.1) is 0 Å². The summed E-state index contributed by atoms with van der Waals surface area (Å²) in [5.41, 5.74) is 0. The van der Waals surface area contributed by atoms with Gasteiger partial charge in [0.1, 0.15) is 11.6 Å². The molecule has 2 aromatic rings. The predicted molar refractivity (Wildman–Crippen MR) is 92.9 cm³/mol. The van der Waals surface area contributed by atoms with E-state index in [2.05, 4.69) is 20.1 Å². The molecule has 1 aliphatic rings. The molecule has 2 aromatic heterocycles. The first kappa shape index (κ1) is 17.0. The van der Waals surface area contributed by atoms with Gasteiger partial charge >= 0.3 is 0 Å². The highest BCUT2D eigenvalue weighted by molar-refractivity contribution is 6.30. The second-order valence-electron chi connectivity index (χ2n) is 5.92. The lowest BCUT2D eigenvalue weighted by Crippen LogP contribution is -2.52. The number of aromatic nitrogens is 1. The van der Waals surface area contributed by atoms with Crippen molar-refractivity contribution < 1.29 is 9.21 Å². The second-order valence-corrected chi connectivity index (χ2v) is 6.35. The van der Waals surface area contributed by atoms with Crippen LogP contribution >= 0.6 is 11.6 Å². The highest BCUT2D eigenvalue weighted by Gasteiger charge is 2.26. The van der Waals surface area contributed by atoms with Gasteiger partial charge in [-0.05, 0) is 31.2 Å². The first-order valence-electron chi connectivity index (χ1n) is 8.03. The number of pyridine rings is 1. The third-order valence-corrected chi connectivity index (χ3v) is 4.50. The Labute approximate surface area is 146 Å². The van der Waals surface area contributed by atoms with Crippen LogP contribution in [-0.4, -0.2) is 52.9 Å². The lowest BCUT2D eigenvalue weighted by Gasteiger charge is -2.37. The minimum atomic E-state index is -0.201. The highest BCUT2D eigenvalue weighted by atomic mass is 35.5.